The van der Waals surface area contributed by atoms with Gasteiger partial charge in [-0.1, -0.05) is 30.0 Å². The summed E-state index contributed by atoms with van der Waals surface area (Å²) in [4.78, 5) is 11.8. The molecule has 0 fully saturated rings. The number of hydrogen-bond acceptors (Lipinski definition) is 6. The fourth-order valence-corrected chi connectivity index (χ4v) is 3.08. The number of nitrogens with one attached hydrogen (secondary N) is 1. The Bertz CT molecular complexity index is 541. The minimum absolute atomic E-state index is 0.236. The molecule has 18 heavy (non-hydrogen) atoms. The first kappa shape index (κ1) is 13.6. The second-order valence-electron chi connectivity index (χ2n) is 3.28. The molecule has 8 heteroatoms. The summed E-state index contributed by atoms with van der Waals surface area (Å²) in [6, 6.07) is 3.25. The van der Waals surface area contributed by atoms with Gasteiger partial charge in [0.2, 0.25) is 5.13 Å². The highest BCUT2D eigenvalue weighted by Crippen LogP contribution is 2.26. The van der Waals surface area contributed by atoms with Crippen molar-refractivity contribution in [2.45, 2.75) is 17.7 Å². The van der Waals surface area contributed by atoms with Gasteiger partial charge in [0, 0.05) is 5.75 Å². The normalized spacial score (nSPS) is 10.6. The lowest BCUT2D eigenvalue weighted by molar-refractivity contribution is 0.0995. The Kier molecular flexibility index (Phi) is 4.79. The molecular weight excluding hydrogens is 338 g/mol. The fraction of sp³-hybridized carbons (Fsp3) is 0.300. The number of amides is 1. The van der Waals surface area contributed by atoms with E-state index in [1.807, 2.05) is 0 Å². The standard InChI is InChI=1S/C10H10BrN3O2S2/c1-2-5-17-10-14-13-9(18-10)12-8(15)6-3-4-7(11)16-6/h3-4H,2,5H2,1H3,(H,12,13,15). The van der Waals surface area contributed by atoms with Crippen LogP contribution in [0, 0.1) is 0 Å². The largest absolute Gasteiger partial charge is 0.444 e. The second-order valence-corrected chi connectivity index (χ2v) is 6.38. The summed E-state index contributed by atoms with van der Waals surface area (Å²) in [6.45, 7) is 2.10. The van der Waals surface area contributed by atoms with E-state index in [0.717, 1.165) is 16.5 Å². The summed E-state index contributed by atoms with van der Waals surface area (Å²) in [5, 5.41) is 11.0. The topological polar surface area (TPSA) is 68.0 Å². The van der Waals surface area contributed by atoms with Gasteiger partial charge in [-0.05, 0) is 34.5 Å². The summed E-state index contributed by atoms with van der Waals surface area (Å²) in [6.07, 6.45) is 1.08. The summed E-state index contributed by atoms with van der Waals surface area (Å²) in [5.74, 6) is 0.900. The number of carbonyl (C=O) groups is 1. The van der Waals surface area contributed by atoms with Crippen molar-refractivity contribution in [2.24, 2.45) is 0 Å². The van der Waals surface area contributed by atoms with Crippen LogP contribution in [0.3, 0.4) is 0 Å². The van der Waals surface area contributed by atoms with Crippen LogP contribution in [0.5, 0.6) is 0 Å². The second kappa shape index (κ2) is 6.35. The van der Waals surface area contributed by atoms with Crippen LogP contribution in [0.25, 0.3) is 0 Å². The van der Waals surface area contributed by atoms with Crippen LogP contribution in [0.2, 0.25) is 0 Å². The third kappa shape index (κ3) is 3.56. The third-order valence-corrected chi connectivity index (χ3v) is 4.46. The first-order valence-electron chi connectivity index (χ1n) is 5.22. The zero-order chi connectivity index (χ0) is 13.0. The number of anilines is 1. The Morgan fingerprint density at radius 2 is 2.39 bits per heavy atom. The quantitative estimate of drug-likeness (QED) is 0.660. The molecule has 2 aromatic rings. The molecular formula is C10H10BrN3O2S2. The average molecular weight is 348 g/mol. The van der Waals surface area contributed by atoms with Gasteiger partial charge in [0.05, 0.1) is 0 Å². The molecule has 1 N–H and O–H groups in total. The smallest absolute Gasteiger partial charge is 0.293 e. The number of aromatic nitrogens is 2. The average Bonchev–Trinajstić information content (AvgIpc) is 2.96. The number of thioether (sulfide) groups is 1. The van der Waals surface area contributed by atoms with Crippen LogP contribution < -0.4 is 5.32 Å². The third-order valence-electron chi connectivity index (χ3n) is 1.85. The Hall–Kier alpha value is -0.860. The van der Waals surface area contributed by atoms with Gasteiger partial charge >= 0.3 is 0 Å². The van der Waals surface area contributed by atoms with Gasteiger partial charge in [-0.25, -0.2) is 0 Å². The van der Waals surface area contributed by atoms with Gasteiger partial charge in [-0.3, -0.25) is 10.1 Å². The molecule has 0 radical (unpaired) electrons. The SMILES string of the molecule is CCCSc1nnc(NC(=O)c2ccc(Br)o2)s1. The van der Waals surface area contributed by atoms with Crippen LogP contribution in [0.1, 0.15) is 23.9 Å². The number of hydrogen-bond donors (Lipinski definition) is 1. The Morgan fingerprint density at radius 1 is 1.56 bits per heavy atom. The number of rotatable bonds is 5. The van der Waals surface area contributed by atoms with Gasteiger partial charge < -0.3 is 4.42 Å². The maximum atomic E-state index is 11.8. The summed E-state index contributed by atoms with van der Waals surface area (Å²) < 4.78 is 6.52. The van der Waals surface area contributed by atoms with Crippen LogP contribution >= 0.6 is 39.0 Å². The lowest BCUT2D eigenvalue weighted by Gasteiger charge is -1.95. The van der Waals surface area contributed by atoms with Gasteiger partial charge in [0.15, 0.2) is 14.8 Å². The molecule has 0 spiro atoms. The van der Waals surface area contributed by atoms with Gasteiger partial charge in [0.25, 0.3) is 5.91 Å². The zero-order valence-electron chi connectivity index (χ0n) is 9.47. The lowest BCUT2D eigenvalue weighted by atomic mass is 10.4. The molecule has 2 rings (SSSR count). The summed E-state index contributed by atoms with van der Waals surface area (Å²) >= 11 is 6.13. The highest BCUT2D eigenvalue weighted by atomic mass is 79.9. The van der Waals surface area contributed by atoms with Crippen LogP contribution in [0.4, 0.5) is 5.13 Å². The minimum atomic E-state index is -0.330. The first-order chi connectivity index (χ1) is 8.69. The molecule has 0 saturated carbocycles. The van der Waals surface area contributed by atoms with E-state index in [1.165, 1.54) is 11.3 Å². The lowest BCUT2D eigenvalue weighted by Crippen LogP contribution is -2.10. The van der Waals surface area contributed by atoms with Crippen molar-refractivity contribution in [3.05, 3.63) is 22.6 Å². The van der Waals surface area contributed by atoms with Crippen molar-refractivity contribution in [3.63, 3.8) is 0 Å². The number of carbonyl (C=O) groups excluding carboxylic acids is 1. The van der Waals surface area contributed by atoms with E-state index >= 15 is 0 Å². The summed E-state index contributed by atoms with van der Waals surface area (Å²) in [7, 11) is 0. The molecule has 0 aromatic carbocycles. The maximum absolute atomic E-state index is 11.8. The van der Waals surface area contributed by atoms with E-state index < -0.39 is 0 Å². The molecule has 0 aliphatic rings. The van der Waals surface area contributed by atoms with E-state index in [9.17, 15) is 4.79 Å². The number of nitrogens with zero attached hydrogens (tertiary/aromatic N) is 2. The fourth-order valence-electron chi connectivity index (χ4n) is 1.10. The van der Waals surface area contributed by atoms with Crippen LogP contribution in [-0.2, 0) is 0 Å². The van der Waals surface area contributed by atoms with E-state index in [2.05, 4.69) is 38.4 Å². The van der Waals surface area contributed by atoms with Crippen molar-refractivity contribution in [1.29, 1.82) is 0 Å². The van der Waals surface area contributed by atoms with Crippen LogP contribution in [-0.4, -0.2) is 21.9 Å². The molecule has 5 nitrogen and oxygen atoms in total. The van der Waals surface area contributed by atoms with Gasteiger partial charge in [-0.15, -0.1) is 10.2 Å². The van der Waals surface area contributed by atoms with Gasteiger partial charge in [0.1, 0.15) is 0 Å². The Balaban J connectivity index is 1.97. The molecule has 2 aromatic heterocycles. The van der Waals surface area contributed by atoms with E-state index in [0.29, 0.717) is 9.80 Å². The van der Waals surface area contributed by atoms with Crippen molar-refractivity contribution in [3.8, 4) is 0 Å². The van der Waals surface area contributed by atoms with E-state index in [1.54, 1.807) is 23.9 Å². The minimum Gasteiger partial charge on any atom is -0.444 e. The maximum Gasteiger partial charge on any atom is 0.293 e. The van der Waals surface area contributed by atoms with E-state index in [-0.39, 0.29) is 11.7 Å². The first-order valence-corrected chi connectivity index (χ1v) is 7.81. The molecule has 0 bridgehead atoms. The molecule has 0 atom stereocenters. The predicted molar refractivity (Wildman–Crippen MR) is 75.3 cm³/mol. The Labute approximate surface area is 120 Å². The summed E-state index contributed by atoms with van der Waals surface area (Å²) in [5.41, 5.74) is 0. The molecule has 1 amide bonds. The number of halogens is 1. The van der Waals surface area contributed by atoms with Crippen molar-refractivity contribution in [1.82, 2.24) is 10.2 Å². The molecule has 0 aliphatic carbocycles. The molecule has 0 saturated heterocycles. The monoisotopic (exact) mass is 347 g/mol. The van der Waals surface area contributed by atoms with Crippen molar-refractivity contribution < 1.29 is 9.21 Å². The Morgan fingerprint density at radius 3 is 3.06 bits per heavy atom. The number of furan rings is 1. The molecule has 0 unspecified atom stereocenters. The highest BCUT2D eigenvalue weighted by molar-refractivity contribution is 9.10. The van der Waals surface area contributed by atoms with Gasteiger partial charge in [-0.2, -0.15) is 0 Å². The molecule has 2 heterocycles. The van der Waals surface area contributed by atoms with E-state index in [4.69, 9.17) is 4.42 Å². The molecule has 96 valence electrons. The van der Waals surface area contributed by atoms with Crippen LogP contribution in [0.15, 0.2) is 25.6 Å². The van der Waals surface area contributed by atoms with Crippen molar-refractivity contribution in [2.75, 3.05) is 11.1 Å². The highest BCUT2D eigenvalue weighted by Gasteiger charge is 2.13. The van der Waals surface area contributed by atoms with Crippen molar-refractivity contribution >= 4 is 50.1 Å². The zero-order valence-corrected chi connectivity index (χ0v) is 12.7. The molecule has 0 aliphatic heterocycles. The predicted octanol–water partition coefficient (Wildman–Crippen LogP) is 3.65.